The first kappa shape index (κ1) is 22.9. The number of aromatic nitrogens is 3. The summed E-state index contributed by atoms with van der Waals surface area (Å²) < 4.78 is 7.35. The molecule has 8 nitrogen and oxygen atoms in total. The number of nitrogens with one attached hydrogen (secondary N) is 2. The molecule has 1 fully saturated rings. The number of anilines is 1. The Kier molecular flexibility index (Phi) is 6.67. The molecule has 0 spiro atoms. The monoisotopic (exact) mass is 487 g/mol. The molecule has 1 aliphatic carbocycles. The molecule has 9 heteroatoms. The summed E-state index contributed by atoms with van der Waals surface area (Å²) in [7, 11) is 0. The van der Waals surface area contributed by atoms with Crippen LogP contribution in [-0.4, -0.2) is 26.6 Å². The third kappa shape index (κ3) is 5.63. The second-order valence-electron chi connectivity index (χ2n) is 8.43. The molecule has 2 amide bonds. The van der Waals surface area contributed by atoms with E-state index in [0.29, 0.717) is 29.5 Å². The van der Waals surface area contributed by atoms with Crippen molar-refractivity contribution in [3.8, 4) is 5.69 Å². The Morgan fingerprint density at radius 1 is 1.09 bits per heavy atom. The number of hydrogen-bond donors (Lipinski definition) is 2. The van der Waals surface area contributed by atoms with Crippen molar-refractivity contribution in [1.29, 1.82) is 0 Å². The molecule has 2 heterocycles. The van der Waals surface area contributed by atoms with Crippen LogP contribution in [0, 0.1) is 0 Å². The minimum Gasteiger partial charge on any atom is -0.467 e. The van der Waals surface area contributed by atoms with Gasteiger partial charge in [-0.1, -0.05) is 30.0 Å². The zero-order valence-corrected chi connectivity index (χ0v) is 20.0. The summed E-state index contributed by atoms with van der Waals surface area (Å²) in [5, 5.41) is 15.5. The minimum absolute atomic E-state index is 0.115. The molecule has 5 rings (SSSR count). The van der Waals surface area contributed by atoms with Gasteiger partial charge in [-0.2, -0.15) is 0 Å². The molecule has 0 unspecified atom stereocenters. The molecule has 1 saturated carbocycles. The third-order valence-corrected chi connectivity index (χ3v) is 6.59. The van der Waals surface area contributed by atoms with E-state index in [1.54, 1.807) is 30.2 Å². The first-order valence-electron chi connectivity index (χ1n) is 11.4. The highest BCUT2D eigenvalue weighted by atomic mass is 32.2. The normalized spacial score (nSPS) is 12.9. The van der Waals surface area contributed by atoms with Crippen LogP contribution in [0.25, 0.3) is 5.69 Å². The smallest absolute Gasteiger partial charge is 0.251 e. The minimum atomic E-state index is -0.151. The predicted octanol–water partition coefficient (Wildman–Crippen LogP) is 4.92. The Hall–Kier alpha value is -3.85. The van der Waals surface area contributed by atoms with E-state index < -0.39 is 0 Å². The van der Waals surface area contributed by atoms with Crippen LogP contribution in [0.2, 0.25) is 0 Å². The third-order valence-electron chi connectivity index (χ3n) is 5.59. The Morgan fingerprint density at radius 2 is 1.94 bits per heavy atom. The topological polar surface area (TPSA) is 102 Å². The fourth-order valence-electron chi connectivity index (χ4n) is 3.78. The number of carbonyl (C=O) groups excluding carboxylic acids is 2. The number of hydrogen-bond acceptors (Lipinski definition) is 6. The summed E-state index contributed by atoms with van der Waals surface area (Å²) in [6.45, 7) is 1.84. The standard InChI is InChI=1S/C26H25N5O3S/c1-17(32)28-21-7-3-8-22(14-21)31-24(19-10-11-19)29-30-26(31)35-16-18-5-2-6-20(13-18)25(33)27-15-23-9-4-12-34-23/h2-9,12-14,19H,10-11,15-16H2,1H3,(H,27,33)(H,28,32). The van der Waals surface area contributed by atoms with Crippen LogP contribution >= 0.6 is 11.8 Å². The number of carbonyl (C=O) groups is 2. The van der Waals surface area contributed by atoms with Gasteiger partial charge in [-0.15, -0.1) is 10.2 Å². The van der Waals surface area contributed by atoms with Crippen LogP contribution in [0.5, 0.6) is 0 Å². The van der Waals surface area contributed by atoms with Gasteiger partial charge in [0.05, 0.1) is 18.5 Å². The summed E-state index contributed by atoms with van der Waals surface area (Å²) in [6, 6.07) is 18.9. The van der Waals surface area contributed by atoms with Crippen molar-refractivity contribution in [2.24, 2.45) is 0 Å². The predicted molar refractivity (Wildman–Crippen MR) is 134 cm³/mol. The van der Waals surface area contributed by atoms with Gasteiger partial charge < -0.3 is 15.1 Å². The maximum Gasteiger partial charge on any atom is 0.251 e. The number of nitrogens with zero attached hydrogens (tertiary/aromatic N) is 3. The van der Waals surface area contributed by atoms with Gasteiger partial charge in [0, 0.05) is 29.8 Å². The molecular formula is C26H25N5O3S. The number of furan rings is 1. The Balaban J connectivity index is 1.32. The lowest BCUT2D eigenvalue weighted by atomic mass is 10.1. The molecule has 0 radical (unpaired) electrons. The van der Waals surface area contributed by atoms with E-state index in [2.05, 4.69) is 25.4 Å². The molecule has 0 atom stereocenters. The molecular weight excluding hydrogens is 462 g/mol. The zero-order valence-electron chi connectivity index (χ0n) is 19.2. The van der Waals surface area contributed by atoms with Crippen molar-refractivity contribution in [2.75, 3.05) is 5.32 Å². The first-order chi connectivity index (χ1) is 17.1. The second kappa shape index (κ2) is 10.2. The molecule has 2 aromatic carbocycles. The maximum atomic E-state index is 12.6. The summed E-state index contributed by atoms with van der Waals surface area (Å²) >= 11 is 1.57. The first-order valence-corrected chi connectivity index (χ1v) is 12.4. The van der Waals surface area contributed by atoms with Crippen molar-refractivity contribution in [3.05, 3.63) is 89.6 Å². The molecule has 0 bridgehead atoms. The molecule has 2 aromatic heterocycles. The van der Waals surface area contributed by atoms with Crippen LogP contribution < -0.4 is 10.6 Å². The van der Waals surface area contributed by atoms with Gasteiger partial charge in [0.15, 0.2) is 5.16 Å². The van der Waals surface area contributed by atoms with Crippen LogP contribution in [0.3, 0.4) is 0 Å². The summed E-state index contributed by atoms with van der Waals surface area (Å²) in [4.78, 5) is 24.1. The summed E-state index contributed by atoms with van der Waals surface area (Å²) in [5.74, 6) is 2.42. The van der Waals surface area contributed by atoms with E-state index in [1.807, 2.05) is 48.5 Å². The van der Waals surface area contributed by atoms with Crippen molar-refractivity contribution in [3.63, 3.8) is 0 Å². The van der Waals surface area contributed by atoms with E-state index in [0.717, 1.165) is 40.8 Å². The number of thioether (sulfide) groups is 1. The Labute approximate surface area is 207 Å². The number of rotatable bonds is 9. The Bertz CT molecular complexity index is 1340. The lowest BCUT2D eigenvalue weighted by Crippen LogP contribution is -2.22. The molecule has 1 aliphatic rings. The van der Waals surface area contributed by atoms with Crippen LogP contribution in [0.1, 0.15) is 53.2 Å². The largest absolute Gasteiger partial charge is 0.467 e. The van der Waals surface area contributed by atoms with E-state index in [9.17, 15) is 9.59 Å². The van der Waals surface area contributed by atoms with Crippen molar-refractivity contribution < 1.29 is 14.0 Å². The van der Waals surface area contributed by atoms with E-state index in [1.165, 1.54) is 6.92 Å². The average molecular weight is 488 g/mol. The highest BCUT2D eigenvalue weighted by molar-refractivity contribution is 7.98. The van der Waals surface area contributed by atoms with Crippen molar-refractivity contribution >= 4 is 29.3 Å². The second-order valence-corrected chi connectivity index (χ2v) is 9.38. The van der Waals surface area contributed by atoms with Crippen molar-refractivity contribution in [2.45, 2.75) is 43.1 Å². The summed E-state index contributed by atoms with van der Waals surface area (Å²) in [5.41, 5.74) is 3.25. The van der Waals surface area contributed by atoms with Gasteiger partial charge >= 0.3 is 0 Å². The quantitative estimate of drug-likeness (QED) is 0.325. The molecule has 0 saturated heterocycles. The molecule has 35 heavy (non-hydrogen) atoms. The van der Waals surface area contributed by atoms with Gasteiger partial charge in [-0.3, -0.25) is 14.2 Å². The molecule has 178 valence electrons. The average Bonchev–Trinajstić information content (AvgIpc) is 3.39. The van der Waals surface area contributed by atoms with Gasteiger partial charge in [0.25, 0.3) is 5.91 Å². The zero-order chi connectivity index (χ0) is 24.2. The lowest BCUT2D eigenvalue weighted by Gasteiger charge is -2.12. The highest BCUT2D eigenvalue weighted by Gasteiger charge is 2.31. The maximum absolute atomic E-state index is 12.6. The fourth-order valence-corrected chi connectivity index (χ4v) is 4.68. The van der Waals surface area contributed by atoms with Gasteiger partial charge in [0.2, 0.25) is 5.91 Å². The molecule has 2 N–H and O–H groups in total. The number of amides is 2. The molecule has 4 aromatic rings. The van der Waals surface area contributed by atoms with Gasteiger partial charge in [-0.05, 0) is 60.9 Å². The SMILES string of the molecule is CC(=O)Nc1cccc(-n2c(SCc3cccc(C(=O)NCc4ccco4)c3)nnc2C2CC2)c1. The van der Waals surface area contributed by atoms with Crippen LogP contribution in [-0.2, 0) is 17.1 Å². The Morgan fingerprint density at radius 3 is 2.71 bits per heavy atom. The lowest BCUT2D eigenvalue weighted by molar-refractivity contribution is -0.114. The van der Waals surface area contributed by atoms with E-state index in [4.69, 9.17) is 4.42 Å². The van der Waals surface area contributed by atoms with Crippen molar-refractivity contribution in [1.82, 2.24) is 20.1 Å². The highest BCUT2D eigenvalue weighted by Crippen LogP contribution is 2.41. The molecule has 0 aliphatic heterocycles. The van der Waals surface area contributed by atoms with E-state index in [-0.39, 0.29) is 11.8 Å². The summed E-state index contributed by atoms with van der Waals surface area (Å²) in [6.07, 6.45) is 3.79. The number of benzene rings is 2. The van der Waals surface area contributed by atoms with Crippen LogP contribution in [0.4, 0.5) is 5.69 Å². The van der Waals surface area contributed by atoms with Gasteiger partial charge in [0.1, 0.15) is 11.6 Å². The fraction of sp³-hybridized carbons (Fsp3) is 0.231. The van der Waals surface area contributed by atoms with Gasteiger partial charge in [-0.25, -0.2) is 0 Å². The van der Waals surface area contributed by atoms with Crippen LogP contribution in [0.15, 0.2) is 76.5 Å². The van der Waals surface area contributed by atoms with E-state index >= 15 is 0 Å².